The van der Waals surface area contributed by atoms with Crippen LogP contribution in [-0.2, 0) is 11.3 Å². The minimum atomic E-state index is -0.836. The van der Waals surface area contributed by atoms with Crippen molar-refractivity contribution in [2.24, 2.45) is 0 Å². The Morgan fingerprint density at radius 1 is 1.44 bits per heavy atom. The molecule has 1 aromatic rings. The second kappa shape index (κ2) is 5.43. The van der Waals surface area contributed by atoms with Crippen LogP contribution in [-0.4, -0.2) is 28.6 Å². The van der Waals surface area contributed by atoms with Crippen LogP contribution in [0.25, 0.3) is 0 Å². The number of carbonyl (C=O) groups is 1. The molecule has 3 nitrogen and oxygen atoms in total. The summed E-state index contributed by atoms with van der Waals surface area (Å²) in [6.45, 7) is 1.07. The molecule has 0 spiro atoms. The third-order valence-corrected chi connectivity index (χ3v) is 4.04. The fraction of sp³-hybridized carbons (Fsp3) is 0.417. The van der Waals surface area contributed by atoms with Gasteiger partial charge in [-0.2, -0.15) is 0 Å². The molecule has 18 heavy (non-hydrogen) atoms. The molecule has 1 atom stereocenters. The average molecular weight is 292 g/mol. The van der Waals surface area contributed by atoms with Gasteiger partial charge in [-0.15, -0.1) is 0 Å². The maximum Gasteiger partial charge on any atom is 0.320 e. The Kier molecular flexibility index (Phi) is 4.10. The van der Waals surface area contributed by atoms with Crippen molar-refractivity contribution in [3.8, 4) is 0 Å². The summed E-state index contributed by atoms with van der Waals surface area (Å²) in [5, 5.41) is 9.12. The van der Waals surface area contributed by atoms with Crippen LogP contribution in [0.2, 0.25) is 10.0 Å². The molecule has 6 heteroatoms. The number of halogens is 3. The molecule has 0 unspecified atom stereocenters. The molecule has 0 bridgehead atoms. The van der Waals surface area contributed by atoms with Gasteiger partial charge in [0.05, 0.1) is 10.0 Å². The van der Waals surface area contributed by atoms with Crippen molar-refractivity contribution in [1.82, 2.24) is 4.90 Å². The number of hydrogen-bond donors (Lipinski definition) is 1. The molecule has 2 rings (SSSR count). The number of carboxylic acid groups (broad SMARTS) is 1. The summed E-state index contributed by atoms with van der Waals surface area (Å²) >= 11 is 11.7. The van der Waals surface area contributed by atoms with Gasteiger partial charge in [-0.1, -0.05) is 29.3 Å². The van der Waals surface area contributed by atoms with Crippen LogP contribution in [0.1, 0.15) is 18.4 Å². The van der Waals surface area contributed by atoms with Crippen LogP contribution in [0.5, 0.6) is 0 Å². The summed E-state index contributed by atoms with van der Waals surface area (Å²) in [5.41, 5.74) is 0.649. The average Bonchev–Trinajstić information content (AvgIpc) is 2.78. The summed E-state index contributed by atoms with van der Waals surface area (Å²) < 4.78 is 13.2. The third kappa shape index (κ3) is 2.60. The van der Waals surface area contributed by atoms with Gasteiger partial charge in [0.1, 0.15) is 11.9 Å². The zero-order chi connectivity index (χ0) is 13.3. The van der Waals surface area contributed by atoms with E-state index in [1.165, 1.54) is 6.07 Å². The number of rotatable bonds is 3. The van der Waals surface area contributed by atoms with E-state index in [1.54, 1.807) is 6.07 Å². The van der Waals surface area contributed by atoms with E-state index in [-0.39, 0.29) is 10.0 Å². The first-order chi connectivity index (χ1) is 8.50. The quantitative estimate of drug-likeness (QED) is 0.870. The number of carboxylic acids is 1. The van der Waals surface area contributed by atoms with E-state index in [0.29, 0.717) is 25.1 Å². The number of aliphatic carboxylic acids is 1. The monoisotopic (exact) mass is 291 g/mol. The molecule has 1 aliphatic rings. The molecule has 1 aromatic carbocycles. The summed E-state index contributed by atoms with van der Waals surface area (Å²) in [6, 6.07) is 2.29. The van der Waals surface area contributed by atoms with E-state index in [0.717, 1.165) is 6.42 Å². The molecule has 1 saturated heterocycles. The van der Waals surface area contributed by atoms with Crippen molar-refractivity contribution in [2.75, 3.05) is 6.54 Å². The molecule has 1 aliphatic heterocycles. The van der Waals surface area contributed by atoms with Crippen molar-refractivity contribution in [1.29, 1.82) is 0 Å². The van der Waals surface area contributed by atoms with Crippen LogP contribution >= 0.6 is 23.2 Å². The third-order valence-electron chi connectivity index (χ3n) is 3.14. The van der Waals surface area contributed by atoms with Crippen molar-refractivity contribution >= 4 is 29.2 Å². The summed E-state index contributed by atoms with van der Waals surface area (Å²) in [5.74, 6) is -1.40. The van der Waals surface area contributed by atoms with Crippen LogP contribution in [0.3, 0.4) is 0 Å². The van der Waals surface area contributed by atoms with Gasteiger partial charge in [0.15, 0.2) is 0 Å². The SMILES string of the molecule is O=C(O)[C@@H]1CCCN1Cc1ccc(F)c(Cl)c1Cl. The molecule has 0 aliphatic carbocycles. The van der Waals surface area contributed by atoms with Gasteiger partial charge >= 0.3 is 5.97 Å². The highest BCUT2D eigenvalue weighted by atomic mass is 35.5. The summed E-state index contributed by atoms with van der Waals surface area (Å²) in [6.07, 6.45) is 1.46. The first-order valence-electron chi connectivity index (χ1n) is 5.60. The second-order valence-electron chi connectivity index (χ2n) is 4.30. The number of hydrogen-bond acceptors (Lipinski definition) is 2. The highest BCUT2D eigenvalue weighted by Crippen LogP contribution is 2.31. The predicted octanol–water partition coefficient (Wildman–Crippen LogP) is 3.18. The van der Waals surface area contributed by atoms with E-state index in [9.17, 15) is 9.18 Å². The Morgan fingerprint density at radius 3 is 2.83 bits per heavy atom. The van der Waals surface area contributed by atoms with E-state index in [2.05, 4.69) is 0 Å². The minimum absolute atomic E-state index is 0.111. The minimum Gasteiger partial charge on any atom is -0.480 e. The Balaban J connectivity index is 2.19. The van der Waals surface area contributed by atoms with Crippen molar-refractivity contribution in [2.45, 2.75) is 25.4 Å². The van der Waals surface area contributed by atoms with E-state index < -0.39 is 17.8 Å². The smallest absolute Gasteiger partial charge is 0.320 e. The van der Waals surface area contributed by atoms with E-state index in [4.69, 9.17) is 28.3 Å². The van der Waals surface area contributed by atoms with Crippen LogP contribution in [0, 0.1) is 5.82 Å². The molecule has 98 valence electrons. The Morgan fingerprint density at radius 2 is 2.17 bits per heavy atom. The standard InChI is InChI=1S/C12H12Cl2FNO2/c13-10-7(3-4-8(15)11(10)14)6-16-5-1-2-9(16)12(17)18/h3-4,9H,1-2,5-6H2,(H,17,18)/t9-/m0/s1. The van der Waals surface area contributed by atoms with Crippen molar-refractivity contribution < 1.29 is 14.3 Å². The Hall–Kier alpha value is -0.840. The van der Waals surface area contributed by atoms with E-state index in [1.807, 2.05) is 4.90 Å². The molecule has 1 fully saturated rings. The Bertz CT molecular complexity index is 481. The van der Waals surface area contributed by atoms with Crippen LogP contribution < -0.4 is 0 Å². The molecular formula is C12H12Cl2FNO2. The lowest BCUT2D eigenvalue weighted by Gasteiger charge is -2.21. The second-order valence-corrected chi connectivity index (χ2v) is 5.06. The van der Waals surface area contributed by atoms with Gasteiger partial charge < -0.3 is 5.11 Å². The van der Waals surface area contributed by atoms with E-state index >= 15 is 0 Å². The zero-order valence-corrected chi connectivity index (χ0v) is 11.0. The lowest BCUT2D eigenvalue weighted by atomic mass is 10.2. The van der Waals surface area contributed by atoms with Crippen molar-refractivity contribution in [3.05, 3.63) is 33.6 Å². The molecule has 1 heterocycles. The summed E-state index contributed by atoms with van der Waals surface area (Å²) in [4.78, 5) is 12.9. The van der Waals surface area contributed by atoms with Gasteiger partial charge in [-0.05, 0) is 31.0 Å². The fourth-order valence-corrected chi connectivity index (χ4v) is 2.60. The zero-order valence-electron chi connectivity index (χ0n) is 9.50. The first-order valence-corrected chi connectivity index (χ1v) is 6.35. The molecule has 0 saturated carbocycles. The van der Waals surface area contributed by atoms with Gasteiger partial charge in [-0.3, -0.25) is 9.69 Å². The van der Waals surface area contributed by atoms with Gasteiger partial charge in [0.25, 0.3) is 0 Å². The maximum atomic E-state index is 13.2. The molecular weight excluding hydrogens is 280 g/mol. The maximum absolute atomic E-state index is 13.2. The van der Waals surface area contributed by atoms with Gasteiger partial charge in [0, 0.05) is 6.54 Å². The molecule has 0 radical (unpaired) electrons. The first kappa shape index (κ1) is 13.6. The topological polar surface area (TPSA) is 40.5 Å². The van der Waals surface area contributed by atoms with Crippen molar-refractivity contribution in [3.63, 3.8) is 0 Å². The fourth-order valence-electron chi connectivity index (χ4n) is 2.20. The lowest BCUT2D eigenvalue weighted by molar-refractivity contribution is -0.142. The van der Waals surface area contributed by atoms with Gasteiger partial charge in [0.2, 0.25) is 0 Å². The predicted molar refractivity (Wildman–Crippen MR) is 67.5 cm³/mol. The number of benzene rings is 1. The highest BCUT2D eigenvalue weighted by Gasteiger charge is 2.30. The molecule has 0 amide bonds. The number of nitrogens with zero attached hydrogens (tertiary/aromatic N) is 1. The molecule has 1 N–H and O–H groups in total. The number of likely N-dealkylation sites (tertiary alicyclic amines) is 1. The lowest BCUT2D eigenvalue weighted by Crippen LogP contribution is -2.35. The molecule has 0 aromatic heterocycles. The summed E-state index contributed by atoms with van der Waals surface area (Å²) in [7, 11) is 0. The van der Waals surface area contributed by atoms with Crippen LogP contribution in [0.15, 0.2) is 12.1 Å². The Labute approximate surface area is 114 Å². The normalized spacial score (nSPS) is 20.3. The largest absolute Gasteiger partial charge is 0.480 e. The highest BCUT2D eigenvalue weighted by molar-refractivity contribution is 6.42. The van der Waals surface area contributed by atoms with Gasteiger partial charge in [-0.25, -0.2) is 4.39 Å². The van der Waals surface area contributed by atoms with Crippen LogP contribution in [0.4, 0.5) is 4.39 Å².